The molecule has 1 aromatic rings. The molecule has 1 aromatic carbocycles. The number of hydrogen-bond acceptors (Lipinski definition) is 2. The van der Waals surface area contributed by atoms with Gasteiger partial charge in [0.2, 0.25) is 0 Å². The smallest absolute Gasteiger partial charge is 0.111 e. The fourth-order valence-electron chi connectivity index (χ4n) is 1.35. The lowest BCUT2D eigenvalue weighted by Gasteiger charge is -1.97. The molecule has 0 saturated heterocycles. The Kier molecular flexibility index (Phi) is 2.02. The van der Waals surface area contributed by atoms with E-state index in [4.69, 9.17) is 29.0 Å². The van der Waals surface area contributed by atoms with Crippen LogP contribution in [0.15, 0.2) is 34.4 Å². The first-order valence-corrected chi connectivity index (χ1v) is 4.44. The molecule has 0 heterocycles. The molecule has 0 spiro atoms. The Morgan fingerprint density at radius 2 is 1.62 bits per heavy atom. The lowest BCUT2D eigenvalue weighted by atomic mass is 10.1. The van der Waals surface area contributed by atoms with E-state index in [9.17, 15) is 0 Å². The van der Waals surface area contributed by atoms with Gasteiger partial charge in [-0.2, -0.15) is 5.10 Å². The van der Waals surface area contributed by atoms with E-state index in [0.29, 0.717) is 15.8 Å². The lowest BCUT2D eigenvalue weighted by Crippen LogP contribution is -2.00. The minimum absolute atomic E-state index is 0.422. The second-order valence-corrected chi connectivity index (χ2v) is 3.41. The van der Waals surface area contributed by atoms with Crippen molar-refractivity contribution in [1.29, 1.82) is 0 Å². The number of hydrogen-bond donors (Lipinski definition) is 1. The molecule has 0 atom stereocenters. The van der Waals surface area contributed by atoms with Gasteiger partial charge in [-0.3, -0.25) is 0 Å². The minimum Gasteiger partial charge on any atom is -0.323 e. The maximum atomic E-state index is 5.98. The highest BCUT2D eigenvalue weighted by atomic mass is 35.5. The first kappa shape index (κ1) is 8.60. The monoisotopic (exact) mass is 212 g/mol. The third-order valence-electron chi connectivity index (χ3n) is 1.95. The number of nitrogens with zero attached hydrogens (tertiary/aromatic N) is 1. The Morgan fingerprint density at radius 1 is 1.00 bits per heavy atom. The third kappa shape index (κ3) is 1.14. The van der Waals surface area contributed by atoms with Crippen molar-refractivity contribution in [3.8, 4) is 0 Å². The van der Waals surface area contributed by atoms with Crippen LogP contribution in [0.5, 0.6) is 0 Å². The van der Waals surface area contributed by atoms with Crippen LogP contribution in [0.4, 0.5) is 0 Å². The maximum absolute atomic E-state index is 5.98. The molecule has 0 fully saturated rings. The van der Waals surface area contributed by atoms with Crippen molar-refractivity contribution in [2.24, 2.45) is 10.9 Å². The molecule has 4 heteroatoms. The van der Waals surface area contributed by atoms with E-state index in [2.05, 4.69) is 5.10 Å². The lowest BCUT2D eigenvalue weighted by molar-refractivity contribution is 1.25. The number of hydrazone groups is 1. The predicted molar refractivity (Wildman–Crippen MR) is 55.8 cm³/mol. The minimum atomic E-state index is 0.422. The topological polar surface area (TPSA) is 38.4 Å². The van der Waals surface area contributed by atoms with Gasteiger partial charge in [0.1, 0.15) is 5.71 Å². The summed E-state index contributed by atoms with van der Waals surface area (Å²) in [4.78, 5) is 0. The summed E-state index contributed by atoms with van der Waals surface area (Å²) >= 11 is 11.9. The number of allylic oxidation sites excluding steroid dienone is 1. The molecule has 13 heavy (non-hydrogen) atoms. The average Bonchev–Trinajstić information content (AvgIpc) is 2.41. The highest BCUT2D eigenvalue weighted by molar-refractivity contribution is 6.64. The molecule has 2 rings (SSSR count). The van der Waals surface area contributed by atoms with Crippen LogP contribution in [0, 0.1) is 0 Å². The zero-order valence-corrected chi connectivity index (χ0v) is 8.10. The largest absolute Gasteiger partial charge is 0.323 e. The van der Waals surface area contributed by atoms with Gasteiger partial charge in [-0.25, -0.2) is 0 Å². The molecule has 0 bridgehead atoms. The molecule has 0 saturated carbocycles. The van der Waals surface area contributed by atoms with Crippen molar-refractivity contribution < 1.29 is 0 Å². The van der Waals surface area contributed by atoms with Gasteiger partial charge < -0.3 is 5.84 Å². The summed E-state index contributed by atoms with van der Waals surface area (Å²) in [6, 6.07) is 7.56. The first-order chi connectivity index (χ1) is 6.25. The SMILES string of the molecule is NN=C1C(Cl)=C(Cl)c2ccccc21. The molecule has 0 radical (unpaired) electrons. The average molecular weight is 213 g/mol. The fraction of sp³-hybridized carbons (Fsp3) is 0. The number of nitrogens with two attached hydrogens (primary N) is 1. The Bertz CT molecular complexity index is 421. The standard InChI is InChI=1S/C9H6Cl2N2/c10-7-5-3-1-2-4-6(5)9(13-12)8(7)11/h1-4H,12H2. The molecule has 66 valence electrons. The number of benzene rings is 1. The number of halogens is 2. The van der Waals surface area contributed by atoms with E-state index < -0.39 is 0 Å². The van der Waals surface area contributed by atoms with E-state index in [1.54, 1.807) is 0 Å². The van der Waals surface area contributed by atoms with E-state index in [0.717, 1.165) is 11.1 Å². The van der Waals surface area contributed by atoms with Crippen molar-refractivity contribution >= 4 is 33.9 Å². The summed E-state index contributed by atoms with van der Waals surface area (Å²) in [5.41, 5.74) is 2.33. The zero-order valence-electron chi connectivity index (χ0n) is 6.59. The summed E-state index contributed by atoms with van der Waals surface area (Å²) in [6.07, 6.45) is 0. The van der Waals surface area contributed by atoms with Gasteiger partial charge in [-0.1, -0.05) is 47.5 Å². The van der Waals surface area contributed by atoms with Crippen LogP contribution >= 0.6 is 23.2 Å². The number of rotatable bonds is 0. The van der Waals surface area contributed by atoms with Gasteiger partial charge in [-0.05, 0) is 0 Å². The van der Waals surface area contributed by atoms with Gasteiger partial charge in [0.15, 0.2) is 0 Å². The predicted octanol–water partition coefficient (Wildman–Crippen LogP) is 2.51. The molecule has 2 N–H and O–H groups in total. The van der Waals surface area contributed by atoms with Gasteiger partial charge in [-0.15, -0.1) is 0 Å². The van der Waals surface area contributed by atoms with Crippen molar-refractivity contribution in [3.63, 3.8) is 0 Å². The molecular formula is C9H6Cl2N2. The van der Waals surface area contributed by atoms with Crippen LogP contribution in [-0.4, -0.2) is 5.71 Å². The van der Waals surface area contributed by atoms with Gasteiger partial charge in [0, 0.05) is 11.1 Å². The highest BCUT2D eigenvalue weighted by Gasteiger charge is 2.24. The second kappa shape index (κ2) is 3.05. The van der Waals surface area contributed by atoms with Crippen LogP contribution in [0.25, 0.3) is 5.03 Å². The van der Waals surface area contributed by atoms with E-state index in [-0.39, 0.29) is 0 Å². The van der Waals surface area contributed by atoms with Gasteiger partial charge in [0.05, 0.1) is 10.1 Å². The Balaban J connectivity index is 2.73. The van der Waals surface area contributed by atoms with Gasteiger partial charge >= 0.3 is 0 Å². The molecular weight excluding hydrogens is 207 g/mol. The zero-order chi connectivity index (χ0) is 9.42. The summed E-state index contributed by atoms with van der Waals surface area (Å²) in [5, 5.41) is 4.54. The van der Waals surface area contributed by atoms with Crippen LogP contribution in [0.2, 0.25) is 0 Å². The summed E-state index contributed by atoms with van der Waals surface area (Å²) in [7, 11) is 0. The maximum Gasteiger partial charge on any atom is 0.111 e. The quantitative estimate of drug-likeness (QED) is 0.521. The van der Waals surface area contributed by atoms with Crippen molar-refractivity contribution in [1.82, 2.24) is 0 Å². The highest BCUT2D eigenvalue weighted by Crippen LogP contribution is 2.37. The summed E-state index contributed by atoms with van der Waals surface area (Å²) in [6.45, 7) is 0. The molecule has 0 aliphatic heterocycles. The van der Waals surface area contributed by atoms with Crippen LogP contribution in [-0.2, 0) is 0 Å². The molecule has 1 aliphatic carbocycles. The molecule has 0 aromatic heterocycles. The Labute approximate surface area is 85.6 Å². The van der Waals surface area contributed by atoms with Crippen LogP contribution in [0.1, 0.15) is 11.1 Å². The van der Waals surface area contributed by atoms with Crippen molar-refractivity contribution in [2.75, 3.05) is 0 Å². The summed E-state index contributed by atoms with van der Waals surface area (Å²) in [5.74, 6) is 5.21. The summed E-state index contributed by atoms with van der Waals surface area (Å²) < 4.78 is 0. The van der Waals surface area contributed by atoms with Crippen LogP contribution < -0.4 is 5.84 Å². The molecule has 0 unspecified atom stereocenters. The van der Waals surface area contributed by atoms with E-state index >= 15 is 0 Å². The van der Waals surface area contributed by atoms with E-state index in [1.807, 2.05) is 24.3 Å². The molecule has 0 amide bonds. The Hall–Kier alpha value is -0.990. The van der Waals surface area contributed by atoms with Crippen molar-refractivity contribution in [2.45, 2.75) is 0 Å². The second-order valence-electron chi connectivity index (χ2n) is 2.65. The van der Waals surface area contributed by atoms with E-state index in [1.165, 1.54) is 0 Å². The van der Waals surface area contributed by atoms with Crippen molar-refractivity contribution in [3.05, 3.63) is 40.4 Å². The number of fused-ring (bicyclic) bond motifs is 1. The fourth-order valence-corrected chi connectivity index (χ4v) is 1.85. The van der Waals surface area contributed by atoms with Gasteiger partial charge in [0.25, 0.3) is 0 Å². The molecule has 1 aliphatic rings. The molecule has 2 nitrogen and oxygen atoms in total. The Morgan fingerprint density at radius 3 is 2.23 bits per heavy atom. The normalized spacial score (nSPS) is 18.2. The van der Waals surface area contributed by atoms with Crippen LogP contribution in [0.3, 0.4) is 0 Å². The third-order valence-corrected chi connectivity index (χ3v) is 2.81. The first-order valence-electron chi connectivity index (χ1n) is 3.69.